The molecule has 0 aliphatic carbocycles. The maximum atomic E-state index is 16.4. The topological polar surface area (TPSA) is 86.6 Å². The maximum absolute atomic E-state index is 16.4. The lowest BCUT2D eigenvalue weighted by molar-refractivity contribution is 0.188. The lowest BCUT2D eigenvalue weighted by atomic mass is 10.00. The Morgan fingerprint density at radius 3 is 2.71 bits per heavy atom. The van der Waals surface area contributed by atoms with Crippen molar-refractivity contribution in [3.63, 3.8) is 0 Å². The van der Waals surface area contributed by atoms with Crippen molar-refractivity contribution in [3.8, 4) is 23.0 Å². The van der Waals surface area contributed by atoms with Crippen molar-refractivity contribution in [2.45, 2.75) is 31.0 Å². The Kier molecular flexibility index (Phi) is 5.63. The number of phenolic OH excluding ortho intramolecular Hbond substituents is 1. The zero-order valence-electron chi connectivity index (χ0n) is 21.1. The summed E-state index contributed by atoms with van der Waals surface area (Å²) in [6.07, 6.45) is 8.17. The van der Waals surface area contributed by atoms with Gasteiger partial charge in [-0.05, 0) is 49.3 Å². The number of fused-ring (bicyclic) bond motifs is 4. The molecule has 9 heteroatoms. The van der Waals surface area contributed by atoms with Crippen molar-refractivity contribution in [1.29, 1.82) is 0 Å². The van der Waals surface area contributed by atoms with Crippen LogP contribution in [0.3, 0.4) is 0 Å². The van der Waals surface area contributed by atoms with E-state index in [0.29, 0.717) is 36.5 Å². The zero-order valence-corrected chi connectivity index (χ0v) is 21.1. The zero-order chi connectivity index (χ0) is 25.8. The van der Waals surface area contributed by atoms with Gasteiger partial charge in [0, 0.05) is 43.0 Å². The largest absolute Gasteiger partial charge is 0.508 e. The number of likely N-dealkylation sites (N-methyl/N-ethyl adjacent to an activating group) is 1. The van der Waals surface area contributed by atoms with Crippen molar-refractivity contribution in [2.24, 2.45) is 0 Å². The molecule has 7 rings (SSSR count). The summed E-state index contributed by atoms with van der Waals surface area (Å²) < 4.78 is 22.5. The molecule has 38 heavy (non-hydrogen) atoms. The van der Waals surface area contributed by atoms with Crippen LogP contribution in [0.2, 0.25) is 0 Å². The van der Waals surface area contributed by atoms with Crippen LogP contribution in [-0.2, 0) is 0 Å². The summed E-state index contributed by atoms with van der Waals surface area (Å²) in [5.41, 5.74) is 0.818. The number of likely N-dealkylation sites (tertiary alicyclic amines) is 1. The van der Waals surface area contributed by atoms with Crippen molar-refractivity contribution in [2.75, 3.05) is 38.2 Å². The van der Waals surface area contributed by atoms with Crippen LogP contribution >= 0.6 is 0 Å². The number of hydrogen-bond donors (Lipinski definition) is 2. The fraction of sp³-hybridized carbons (Fsp3) is 0.345. The molecule has 0 spiro atoms. The number of phenols is 1. The molecule has 8 nitrogen and oxygen atoms in total. The number of benzene rings is 2. The molecule has 2 fully saturated rings. The highest BCUT2D eigenvalue weighted by atomic mass is 19.1. The van der Waals surface area contributed by atoms with Crippen LogP contribution in [0.25, 0.3) is 32.9 Å². The summed E-state index contributed by atoms with van der Waals surface area (Å²) in [7, 11) is 2.09. The molecule has 3 atom stereocenters. The first-order chi connectivity index (χ1) is 18.5. The summed E-state index contributed by atoms with van der Waals surface area (Å²) in [4.78, 5) is 18.3. The van der Waals surface area contributed by atoms with Gasteiger partial charge in [0.05, 0.1) is 5.39 Å². The second-order valence-electron chi connectivity index (χ2n) is 10.5. The third-order valence-electron chi connectivity index (χ3n) is 7.96. The van der Waals surface area contributed by atoms with E-state index in [4.69, 9.17) is 9.72 Å². The number of aromatic hydroxyl groups is 1. The number of pyridine rings is 1. The number of nitrogens with one attached hydrogen (secondary N) is 1. The highest BCUT2D eigenvalue weighted by Crippen LogP contribution is 2.37. The number of hydrogen-bond acceptors (Lipinski definition) is 8. The van der Waals surface area contributed by atoms with Crippen molar-refractivity contribution in [1.82, 2.24) is 25.2 Å². The van der Waals surface area contributed by atoms with Crippen molar-refractivity contribution >= 4 is 27.5 Å². The molecule has 194 valence electrons. The lowest BCUT2D eigenvalue weighted by Gasteiger charge is -2.34. The number of aromatic nitrogens is 3. The molecule has 2 aromatic carbocycles. The van der Waals surface area contributed by atoms with Gasteiger partial charge in [-0.1, -0.05) is 36.4 Å². The van der Waals surface area contributed by atoms with E-state index in [9.17, 15) is 5.11 Å². The van der Waals surface area contributed by atoms with Gasteiger partial charge < -0.3 is 25.0 Å². The van der Waals surface area contributed by atoms with Gasteiger partial charge in [-0.2, -0.15) is 9.97 Å². The Bertz CT molecular complexity index is 1560. The van der Waals surface area contributed by atoms with Crippen LogP contribution in [0.15, 0.2) is 54.7 Å². The Balaban J connectivity index is 1.36. The fourth-order valence-electron chi connectivity index (χ4n) is 5.97. The molecule has 2 bridgehead atoms. The van der Waals surface area contributed by atoms with E-state index >= 15 is 4.39 Å². The summed E-state index contributed by atoms with van der Waals surface area (Å²) >= 11 is 0. The third-order valence-corrected chi connectivity index (χ3v) is 7.96. The van der Waals surface area contributed by atoms with Crippen LogP contribution in [0, 0.1) is 5.82 Å². The first-order valence-corrected chi connectivity index (χ1v) is 13.1. The molecule has 0 radical (unpaired) electrons. The van der Waals surface area contributed by atoms with Gasteiger partial charge in [0.2, 0.25) is 0 Å². The van der Waals surface area contributed by atoms with E-state index in [1.165, 1.54) is 0 Å². The number of nitrogens with zero attached hydrogens (tertiary/aromatic N) is 5. The average Bonchev–Trinajstić information content (AvgIpc) is 3.50. The second kappa shape index (κ2) is 9.18. The molecule has 0 unspecified atom stereocenters. The molecule has 2 saturated heterocycles. The molecule has 2 N–H and O–H groups in total. The minimum atomic E-state index is -0.555. The Hall–Kier alpha value is -3.82. The van der Waals surface area contributed by atoms with Gasteiger partial charge in [0.25, 0.3) is 0 Å². The van der Waals surface area contributed by atoms with E-state index in [0.717, 1.165) is 30.2 Å². The molecule has 3 aliphatic heterocycles. The maximum Gasteiger partial charge on any atom is 0.319 e. The number of piperazine rings is 1. The number of rotatable bonds is 5. The number of halogens is 1. The van der Waals surface area contributed by atoms with Crippen LogP contribution < -0.4 is 15.0 Å². The first kappa shape index (κ1) is 23.3. The fourth-order valence-corrected chi connectivity index (χ4v) is 5.97. The monoisotopic (exact) mass is 512 g/mol. The quantitative estimate of drug-likeness (QED) is 0.390. The second-order valence-corrected chi connectivity index (χ2v) is 10.5. The molecule has 0 amide bonds. The molecule has 2 aromatic heterocycles. The predicted octanol–water partition coefficient (Wildman–Crippen LogP) is 3.88. The van der Waals surface area contributed by atoms with Gasteiger partial charge in [-0.25, -0.2) is 4.39 Å². The van der Waals surface area contributed by atoms with E-state index in [1.807, 2.05) is 24.3 Å². The Morgan fingerprint density at radius 2 is 1.92 bits per heavy atom. The molecular weight excluding hydrogens is 483 g/mol. The average molecular weight is 513 g/mol. The molecule has 3 aliphatic rings. The molecule has 0 saturated carbocycles. The summed E-state index contributed by atoms with van der Waals surface area (Å²) in [5.74, 6) is 0.126. The minimum absolute atomic E-state index is 0.0527. The van der Waals surface area contributed by atoms with Gasteiger partial charge in [0.15, 0.2) is 5.82 Å². The summed E-state index contributed by atoms with van der Waals surface area (Å²) in [5, 5.41) is 16.1. The van der Waals surface area contributed by atoms with E-state index in [-0.39, 0.29) is 41.1 Å². The van der Waals surface area contributed by atoms with Crippen molar-refractivity contribution < 1.29 is 14.2 Å². The standard InChI is InChI=1S/C29H29FN6O2/c1-35-10-4-6-20(35)16-38-29-33-27-24(28(34-29)36-14-18-8-9-19(15-36)32-18)13-31-26(25(27)30)23-12-21(37)11-17-5-2-3-7-22(17)23/h2-3,5,7-9,11-13,18-20,32,37H,4,6,10,14-16H2,1H3/t18-,19+,20-/m0/s1. The SMILES string of the molecule is CN1CCC[C@H]1COc1nc(N2C[C@H]3C=C[C@@H](C2)N3)c2cnc(-c3cc(O)cc4ccccc34)c(F)c2n1. The summed E-state index contributed by atoms with van der Waals surface area (Å²) in [6.45, 7) is 2.91. The van der Waals surface area contributed by atoms with E-state index in [2.05, 4.69) is 44.3 Å². The van der Waals surface area contributed by atoms with Gasteiger partial charge >= 0.3 is 6.01 Å². The Labute approximate surface area is 219 Å². The van der Waals surface area contributed by atoms with Gasteiger partial charge in [0.1, 0.15) is 29.4 Å². The highest BCUT2D eigenvalue weighted by Gasteiger charge is 2.31. The minimum Gasteiger partial charge on any atom is -0.508 e. The third kappa shape index (κ3) is 4.02. The van der Waals surface area contributed by atoms with Gasteiger partial charge in [-0.15, -0.1) is 0 Å². The number of anilines is 1. The summed E-state index contributed by atoms with van der Waals surface area (Å²) in [6, 6.07) is 11.7. The van der Waals surface area contributed by atoms with Crippen LogP contribution in [0.4, 0.5) is 10.2 Å². The van der Waals surface area contributed by atoms with Crippen molar-refractivity contribution in [3.05, 3.63) is 60.6 Å². The van der Waals surface area contributed by atoms with Crippen LogP contribution in [0.5, 0.6) is 11.8 Å². The van der Waals surface area contributed by atoms with Crippen LogP contribution in [-0.4, -0.2) is 76.4 Å². The molecule has 5 heterocycles. The van der Waals surface area contributed by atoms with Crippen LogP contribution in [0.1, 0.15) is 12.8 Å². The Morgan fingerprint density at radius 1 is 1.11 bits per heavy atom. The van der Waals surface area contributed by atoms with E-state index in [1.54, 1.807) is 18.3 Å². The molecule has 4 aromatic rings. The highest BCUT2D eigenvalue weighted by molar-refractivity contribution is 5.99. The number of ether oxygens (including phenoxy) is 1. The predicted molar refractivity (Wildman–Crippen MR) is 145 cm³/mol. The molecular formula is C29H29FN6O2. The first-order valence-electron chi connectivity index (χ1n) is 13.1. The van der Waals surface area contributed by atoms with E-state index < -0.39 is 5.82 Å². The van der Waals surface area contributed by atoms with Gasteiger partial charge in [-0.3, -0.25) is 4.98 Å². The smallest absolute Gasteiger partial charge is 0.319 e. The lowest BCUT2D eigenvalue weighted by Crippen LogP contribution is -2.52. The normalized spacial score (nSPS) is 23.1.